The van der Waals surface area contributed by atoms with Crippen molar-refractivity contribution in [2.24, 2.45) is 11.7 Å². The van der Waals surface area contributed by atoms with Crippen LogP contribution in [0.25, 0.3) is 0 Å². The van der Waals surface area contributed by atoms with Crippen molar-refractivity contribution < 1.29 is 0 Å². The molecule has 1 aliphatic carbocycles. The van der Waals surface area contributed by atoms with Crippen LogP contribution in [0.1, 0.15) is 18.4 Å². The molecule has 1 unspecified atom stereocenters. The number of hydrogen-bond donors (Lipinski definition) is 1. The van der Waals surface area contributed by atoms with Crippen molar-refractivity contribution >= 4 is 0 Å². The summed E-state index contributed by atoms with van der Waals surface area (Å²) < 4.78 is 0. The van der Waals surface area contributed by atoms with Gasteiger partial charge in [0.15, 0.2) is 0 Å². The van der Waals surface area contributed by atoms with Gasteiger partial charge in [-0.3, -0.25) is 4.98 Å². The molecular weight excluding hydrogens is 186 g/mol. The lowest BCUT2D eigenvalue weighted by Crippen LogP contribution is -2.36. The Balaban J connectivity index is 1.79. The maximum Gasteiger partial charge on any atom is 0.0312 e. The average molecular weight is 205 g/mol. The van der Waals surface area contributed by atoms with E-state index in [9.17, 15) is 0 Å². The van der Waals surface area contributed by atoms with Crippen LogP contribution in [0.2, 0.25) is 0 Å². The molecule has 1 aromatic heterocycles. The van der Waals surface area contributed by atoms with Gasteiger partial charge in [0.2, 0.25) is 0 Å². The van der Waals surface area contributed by atoms with E-state index in [4.69, 9.17) is 5.73 Å². The van der Waals surface area contributed by atoms with Crippen molar-refractivity contribution in [3.05, 3.63) is 30.1 Å². The lowest BCUT2D eigenvalue weighted by Gasteiger charge is -2.20. The van der Waals surface area contributed by atoms with Gasteiger partial charge in [-0.05, 0) is 37.4 Å². The molecule has 3 nitrogen and oxygen atoms in total. The second-order valence-electron chi connectivity index (χ2n) is 4.56. The van der Waals surface area contributed by atoms with Crippen LogP contribution in [-0.4, -0.2) is 29.5 Å². The summed E-state index contributed by atoms with van der Waals surface area (Å²) in [6.07, 6.45) is 6.36. The highest BCUT2D eigenvalue weighted by molar-refractivity contribution is 5.08. The molecule has 2 N–H and O–H groups in total. The predicted octanol–water partition coefficient (Wildman–Crippen LogP) is 1.25. The van der Waals surface area contributed by atoms with Crippen LogP contribution in [0.3, 0.4) is 0 Å². The van der Waals surface area contributed by atoms with Crippen molar-refractivity contribution in [2.45, 2.75) is 25.4 Å². The summed E-state index contributed by atoms with van der Waals surface area (Å²) in [6, 6.07) is 4.43. The van der Waals surface area contributed by atoms with Gasteiger partial charge in [-0.25, -0.2) is 0 Å². The largest absolute Gasteiger partial charge is 0.326 e. The van der Waals surface area contributed by atoms with E-state index in [0.29, 0.717) is 6.04 Å². The summed E-state index contributed by atoms with van der Waals surface area (Å²) in [7, 11) is 2.12. The number of nitrogens with zero attached hydrogens (tertiary/aromatic N) is 2. The lowest BCUT2D eigenvalue weighted by atomic mass is 10.2. The minimum atomic E-state index is 0.353. The fraction of sp³-hybridized carbons (Fsp3) is 0.583. The molecule has 2 rings (SSSR count). The lowest BCUT2D eigenvalue weighted by molar-refractivity contribution is 0.292. The van der Waals surface area contributed by atoms with Crippen LogP contribution in [0, 0.1) is 5.92 Å². The second kappa shape index (κ2) is 4.73. The summed E-state index contributed by atoms with van der Waals surface area (Å²) >= 11 is 0. The van der Waals surface area contributed by atoms with Gasteiger partial charge >= 0.3 is 0 Å². The molecule has 1 aromatic rings. The fourth-order valence-electron chi connectivity index (χ4n) is 1.90. The predicted molar refractivity (Wildman–Crippen MR) is 61.3 cm³/mol. The number of aromatic nitrogens is 1. The second-order valence-corrected chi connectivity index (χ2v) is 4.56. The SMILES string of the molecule is CN(Cc1cccnc1)CC(N)C1CC1. The molecule has 0 radical (unpaired) electrons. The molecule has 15 heavy (non-hydrogen) atoms. The highest BCUT2D eigenvalue weighted by Crippen LogP contribution is 2.31. The first-order valence-electron chi connectivity index (χ1n) is 5.59. The van der Waals surface area contributed by atoms with Gasteiger partial charge in [-0.2, -0.15) is 0 Å². The van der Waals surface area contributed by atoms with Crippen molar-refractivity contribution in [1.29, 1.82) is 0 Å². The zero-order valence-corrected chi connectivity index (χ0v) is 9.26. The van der Waals surface area contributed by atoms with Gasteiger partial charge in [0.05, 0.1) is 0 Å². The smallest absolute Gasteiger partial charge is 0.0312 e. The molecule has 0 spiro atoms. The number of hydrogen-bond acceptors (Lipinski definition) is 3. The zero-order valence-electron chi connectivity index (χ0n) is 9.26. The van der Waals surface area contributed by atoms with Crippen molar-refractivity contribution in [1.82, 2.24) is 9.88 Å². The van der Waals surface area contributed by atoms with Crippen LogP contribution < -0.4 is 5.73 Å². The molecule has 0 aromatic carbocycles. The Hall–Kier alpha value is -0.930. The summed E-state index contributed by atoms with van der Waals surface area (Å²) in [5, 5.41) is 0. The first-order valence-corrected chi connectivity index (χ1v) is 5.59. The number of likely N-dealkylation sites (N-methyl/N-ethyl adjacent to an activating group) is 1. The Morgan fingerprint density at radius 2 is 2.40 bits per heavy atom. The van der Waals surface area contributed by atoms with Crippen LogP contribution in [0.15, 0.2) is 24.5 Å². The first kappa shape index (κ1) is 10.6. The standard InChI is InChI=1S/C12H19N3/c1-15(9-12(13)11-4-5-11)8-10-3-2-6-14-7-10/h2-3,6-7,11-12H,4-5,8-9,13H2,1H3. The Bertz CT molecular complexity index is 295. The monoisotopic (exact) mass is 205 g/mol. The van der Waals surface area contributed by atoms with Crippen LogP contribution in [0.5, 0.6) is 0 Å². The first-order chi connectivity index (χ1) is 7.25. The highest BCUT2D eigenvalue weighted by atomic mass is 15.1. The number of pyridine rings is 1. The van der Waals surface area contributed by atoms with Gasteiger partial charge in [-0.15, -0.1) is 0 Å². The Morgan fingerprint density at radius 3 is 3.00 bits per heavy atom. The maximum atomic E-state index is 6.08. The Labute approximate surface area is 91.3 Å². The summed E-state index contributed by atoms with van der Waals surface area (Å²) in [4.78, 5) is 6.38. The molecule has 0 amide bonds. The van der Waals surface area contributed by atoms with Gasteiger partial charge in [0.25, 0.3) is 0 Å². The molecule has 0 saturated heterocycles. The van der Waals surface area contributed by atoms with E-state index in [2.05, 4.69) is 23.0 Å². The molecule has 1 saturated carbocycles. The number of rotatable bonds is 5. The Kier molecular flexibility index (Phi) is 3.34. The molecule has 1 heterocycles. The minimum Gasteiger partial charge on any atom is -0.326 e. The Morgan fingerprint density at radius 1 is 1.60 bits per heavy atom. The van der Waals surface area contributed by atoms with E-state index in [1.54, 1.807) is 6.20 Å². The van der Waals surface area contributed by atoms with E-state index in [0.717, 1.165) is 19.0 Å². The van der Waals surface area contributed by atoms with Crippen molar-refractivity contribution in [3.63, 3.8) is 0 Å². The topological polar surface area (TPSA) is 42.2 Å². The molecule has 0 bridgehead atoms. The third-order valence-corrected chi connectivity index (χ3v) is 2.93. The van der Waals surface area contributed by atoms with Crippen LogP contribution in [0.4, 0.5) is 0 Å². The van der Waals surface area contributed by atoms with E-state index < -0.39 is 0 Å². The van der Waals surface area contributed by atoms with E-state index >= 15 is 0 Å². The van der Waals surface area contributed by atoms with E-state index in [-0.39, 0.29) is 0 Å². The van der Waals surface area contributed by atoms with E-state index in [1.807, 2.05) is 12.3 Å². The van der Waals surface area contributed by atoms with Crippen LogP contribution in [-0.2, 0) is 6.54 Å². The third-order valence-electron chi connectivity index (χ3n) is 2.93. The fourth-order valence-corrected chi connectivity index (χ4v) is 1.90. The van der Waals surface area contributed by atoms with Gasteiger partial charge in [-0.1, -0.05) is 6.07 Å². The van der Waals surface area contributed by atoms with Gasteiger partial charge in [0, 0.05) is 31.5 Å². The normalized spacial score (nSPS) is 18.1. The molecule has 82 valence electrons. The minimum absolute atomic E-state index is 0.353. The van der Waals surface area contributed by atoms with E-state index in [1.165, 1.54) is 18.4 Å². The summed E-state index contributed by atoms with van der Waals surface area (Å²) in [5.74, 6) is 0.779. The average Bonchev–Trinajstić information content (AvgIpc) is 3.01. The molecule has 3 heteroatoms. The van der Waals surface area contributed by atoms with Crippen molar-refractivity contribution in [3.8, 4) is 0 Å². The van der Waals surface area contributed by atoms with Crippen molar-refractivity contribution in [2.75, 3.05) is 13.6 Å². The highest BCUT2D eigenvalue weighted by Gasteiger charge is 2.28. The molecule has 1 aliphatic rings. The molecule has 1 fully saturated rings. The quantitative estimate of drug-likeness (QED) is 0.786. The zero-order chi connectivity index (χ0) is 10.7. The summed E-state index contributed by atoms with van der Waals surface area (Å²) in [6.45, 7) is 1.92. The molecule has 0 aliphatic heterocycles. The summed E-state index contributed by atoms with van der Waals surface area (Å²) in [5.41, 5.74) is 7.33. The molecular formula is C12H19N3. The number of nitrogens with two attached hydrogens (primary N) is 1. The van der Waals surface area contributed by atoms with Gasteiger partial charge < -0.3 is 10.6 Å². The molecule has 1 atom stereocenters. The van der Waals surface area contributed by atoms with Gasteiger partial charge in [0.1, 0.15) is 0 Å². The third kappa shape index (κ3) is 3.29. The maximum absolute atomic E-state index is 6.08. The van der Waals surface area contributed by atoms with Crippen LogP contribution >= 0.6 is 0 Å².